The molecule has 0 nitrogen and oxygen atoms in total. The van der Waals surface area contributed by atoms with E-state index in [-0.39, 0.29) is 10.0 Å². The number of rotatable bonds is 2. The molecular weight excluding hydrogens is 128 g/mol. The molecule has 1 saturated carbocycles. The van der Waals surface area contributed by atoms with Crippen LogP contribution in [0.2, 0.25) is 0 Å². The van der Waals surface area contributed by atoms with Gasteiger partial charge in [-0.05, 0) is 36.4 Å². The third-order valence-electron chi connectivity index (χ3n) is 2.70. The zero-order valence-corrected chi connectivity index (χ0v) is 7.63. The molecule has 0 aromatic carbocycles. The summed E-state index contributed by atoms with van der Waals surface area (Å²) in [6.07, 6.45) is 9.51. The van der Waals surface area contributed by atoms with E-state index in [4.69, 9.17) is 0 Å². The van der Waals surface area contributed by atoms with E-state index in [0.717, 1.165) is 5.25 Å². The summed E-state index contributed by atoms with van der Waals surface area (Å²) in [4.78, 5) is 0. The van der Waals surface area contributed by atoms with Crippen molar-refractivity contribution in [2.24, 2.45) is 0 Å². The summed E-state index contributed by atoms with van der Waals surface area (Å²) in [5.41, 5.74) is 0. The molecule has 0 aliphatic heterocycles. The fourth-order valence-electron chi connectivity index (χ4n) is 1.24. The fourth-order valence-corrected chi connectivity index (χ4v) is 3.33. The van der Waals surface area contributed by atoms with Gasteiger partial charge in [0.1, 0.15) is 0 Å². The van der Waals surface area contributed by atoms with Crippen molar-refractivity contribution >= 4 is 10.0 Å². The highest BCUT2D eigenvalue weighted by Crippen LogP contribution is 2.52. The van der Waals surface area contributed by atoms with Gasteiger partial charge in [0.25, 0.3) is 0 Å². The average Bonchev–Trinajstić information content (AvgIpc) is 1.60. The van der Waals surface area contributed by atoms with Crippen molar-refractivity contribution in [3.8, 4) is 0 Å². The monoisotopic (exact) mass is 146 g/mol. The summed E-state index contributed by atoms with van der Waals surface area (Å²) < 4.78 is 0. The second-order valence-corrected chi connectivity index (χ2v) is 7.96. The first kappa shape index (κ1) is 7.46. The Morgan fingerprint density at radius 1 is 1.33 bits per heavy atom. The average molecular weight is 146 g/mol. The Bertz CT molecular complexity index is 92.7. The zero-order chi connectivity index (χ0) is 6.91. The third-order valence-corrected chi connectivity index (χ3v) is 6.46. The van der Waals surface area contributed by atoms with Crippen LogP contribution in [0.15, 0.2) is 0 Å². The van der Waals surface area contributed by atoms with Gasteiger partial charge in [-0.1, -0.05) is 13.3 Å². The van der Waals surface area contributed by atoms with Gasteiger partial charge in [0.05, 0.1) is 0 Å². The lowest BCUT2D eigenvalue weighted by Crippen LogP contribution is -2.25. The van der Waals surface area contributed by atoms with Crippen molar-refractivity contribution in [1.29, 1.82) is 0 Å². The van der Waals surface area contributed by atoms with E-state index in [1.165, 1.54) is 25.0 Å². The Kier molecular flexibility index (Phi) is 2.10. The molecule has 0 unspecified atom stereocenters. The molecule has 0 saturated heterocycles. The first-order valence-corrected chi connectivity index (χ1v) is 6.55. The highest BCUT2D eigenvalue weighted by atomic mass is 32.3. The van der Waals surface area contributed by atoms with Crippen LogP contribution >= 0.6 is 10.0 Å². The lowest BCUT2D eigenvalue weighted by molar-refractivity contribution is 0.516. The summed E-state index contributed by atoms with van der Waals surface area (Å²) >= 11 is 0. The Morgan fingerprint density at radius 3 is 2.00 bits per heavy atom. The Balaban J connectivity index is 2.37. The molecule has 56 valence electrons. The molecule has 0 spiro atoms. The minimum Gasteiger partial charge on any atom is -0.244 e. The highest BCUT2D eigenvalue weighted by molar-refractivity contribution is 8.33. The summed E-state index contributed by atoms with van der Waals surface area (Å²) in [5.74, 6) is 1.43. The summed E-state index contributed by atoms with van der Waals surface area (Å²) in [7, 11) is -0.161. The number of hydrogen-bond acceptors (Lipinski definition) is 0. The van der Waals surface area contributed by atoms with E-state index in [1.54, 1.807) is 0 Å². The first-order chi connectivity index (χ1) is 4.17. The van der Waals surface area contributed by atoms with E-state index in [1.807, 2.05) is 0 Å². The molecule has 0 bridgehead atoms. The minimum atomic E-state index is -0.161. The Morgan fingerprint density at radius 2 is 1.89 bits per heavy atom. The van der Waals surface area contributed by atoms with Crippen molar-refractivity contribution in [3.05, 3.63) is 0 Å². The Hall–Kier alpha value is 0.350. The molecule has 1 aliphatic carbocycles. The largest absolute Gasteiger partial charge is 0.244 e. The van der Waals surface area contributed by atoms with Crippen molar-refractivity contribution in [2.75, 3.05) is 18.3 Å². The van der Waals surface area contributed by atoms with Crippen LogP contribution in [0.1, 0.15) is 26.2 Å². The molecule has 1 rings (SSSR count). The topological polar surface area (TPSA) is 0 Å². The molecule has 1 aliphatic rings. The van der Waals surface area contributed by atoms with Crippen molar-refractivity contribution in [3.63, 3.8) is 0 Å². The van der Waals surface area contributed by atoms with Crippen LogP contribution < -0.4 is 0 Å². The fraction of sp³-hybridized carbons (Fsp3) is 1.00. The van der Waals surface area contributed by atoms with Crippen LogP contribution in [-0.2, 0) is 0 Å². The predicted octanol–water partition coefficient (Wildman–Crippen LogP) is 2.62. The van der Waals surface area contributed by atoms with Gasteiger partial charge in [-0.2, -0.15) is 0 Å². The van der Waals surface area contributed by atoms with Gasteiger partial charge in [-0.15, -0.1) is 0 Å². The smallest absolute Gasteiger partial charge is 0.0117 e. The van der Waals surface area contributed by atoms with E-state index in [0.29, 0.717) is 0 Å². The van der Waals surface area contributed by atoms with Gasteiger partial charge < -0.3 is 0 Å². The van der Waals surface area contributed by atoms with Crippen LogP contribution in [0.4, 0.5) is 0 Å². The molecule has 0 radical (unpaired) electrons. The summed E-state index contributed by atoms with van der Waals surface area (Å²) in [6, 6.07) is 0. The standard InChI is InChI=1S/C8H18S/c1-4-9(2,3)8-6-5-7-8/h8H,4-7H2,1-3H3. The molecule has 0 atom stereocenters. The maximum absolute atomic E-state index is 2.48. The van der Waals surface area contributed by atoms with Gasteiger partial charge >= 0.3 is 0 Å². The van der Waals surface area contributed by atoms with Gasteiger partial charge in [-0.3, -0.25) is 0 Å². The second kappa shape index (κ2) is 2.53. The third kappa shape index (κ3) is 1.43. The normalized spacial score (nSPS) is 23.4. The van der Waals surface area contributed by atoms with E-state index < -0.39 is 0 Å². The molecule has 1 heteroatoms. The van der Waals surface area contributed by atoms with E-state index >= 15 is 0 Å². The maximum Gasteiger partial charge on any atom is -0.0117 e. The molecule has 0 N–H and O–H groups in total. The zero-order valence-electron chi connectivity index (χ0n) is 6.81. The lowest BCUT2D eigenvalue weighted by atomic mass is 10.00. The van der Waals surface area contributed by atoms with Gasteiger partial charge in [0, 0.05) is 0 Å². The van der Waals surface area contributed by atoms with Crippen LogP contribution in [0.25, 0.3) is 0 Å². The molecular formula is C8H18S. The van der Waals surface area contributed by atoms with Gasteiger partial charge in [-0.25, -0.2) is 10.0 Å². The molecule has 9 heavy (non-hydrogen) atoms. The molecule has 0 aromatic rings. The lowest BCUT2D eigenvalue weighted by Gasteiger charge is -2.44. The first-order valence-electron chi connectivity index (χ1n) is 3.86. The summed E-state index contributed by atoms with van der Waals surface area (Å²) in [6.45, 7) is 2.34. The van der Waals surface area contributed by atoms with E-state index in [9.17, 15) is 0 Å². The van der Waals surface area contributed by atoms with Crippen LogP contribution in [0.5, 0.6) is 0 Å². The van der Waals surface area contributed by atoms with Crippen LogP contribution in [-0.4, -0.2) is 23.5 Å². The minimum absolute atomic E-state index is 0.161. The Labute approximate surface area is 60.3 Å². The van der Waals surface area contributed by atoms with Crippen molar-refractivity contribution < 1.29 is 0 Å². The summed E-state index contributed by atoms with van der Waals surface area (Å²) in [5, 5.41) is 1.13. The van der Waals surface area contributed by atoms with Gasteiger partial charge in [0.2, 0.25) is 0 Å². The molecule has 0 heterocycles. The predicted molar refractivity (Wildman–Crippen MR) is 47.6 cm³/mol. The van der Waals surface area contributed by atoms with Gasteiger partial charge in [0.15, 0.2) is 0 Å². The van der Waals surface area contributed by atoms with Crippen LogP contribution in [0.3, 0.4) is 0 Å². The quantitative estimate of drug-likeness (QED) is 0.562. The van der Waals surface area contributed by atoms with E-state index in [2.05, 4.69) is 19.4 Å². The second-order valence-electron chi connectivity index (χ2n) is 3.47. The molecule has 0 amide bonds. The molecule has 1 fully saturated rings. The molecule has 0 aromatic heterocycles. The van der Waals surface area contributed by atoms with Crippen molar-refractivity contribution in [2.45, 2.75) is 31.4 Å². The number of hydrogen-bond donors (Lipinski definition) is 0. The van der Waals surface area contributed by atoms with Crippen molar-refractivity contribution in [1.82, 2.24) is 0 Å². The maximum atomic E-state index is 2.48. The van der Waals surface area contributed by atoms with Crippen LogP contribution in [0, 0.1) is 0 Å². The highest BCUT2D eigenvalue weighted by Gasteiger charge is 2.27. The SMILES string of the molecule is CCS(C)(C)C1CCC1.